The Bertz CT molecular complexity index is 937. The molecule has 0 radical (unpaired) electrons. The third-order valence-electron chi connectivity index (χ3n) is 6.59. The molecule has 1 aliphatic carbocycles. The largest absolute Gasteiger partial charge is 0.466 e. The lowest BCUT2D eigenvalue weighted by molar-refractivity contribution is -0.141. The van der Waals surface area contributed by atoms with Crippen LogP contribution in [-0.4, -0.2) is 43.5 Å². The lowest BCUT2D eigenvalue weighted by Crippen LogP contribution is -2.39. The average Bonchev–Trinajstić information content (AvgIpc) is 2.82. The minimum absolute atomic E-state index is 0.0593. The first-order valence-electron chi connectivity index (χ1n) is 11.8. The van der Waals surface area contributed by atoms with Crippen LogP contribution >= 0.6 is 11.6 Å². The Balaban J connectivity index is 1.60. The molecule has 2 aromatic carbocycles. The van der Waals surface area contributed by atoms with Gasteiger partial charge in [0.05, 0.1) is 6.61 Å². The molecule has 178 valence electrons. The predicted molar refractivity (Wildman–Crippen MR) is 133 cm³/mol. The standard InChI is InChI=1S/C27H35ClN2O3/c1-19(31)33-16-4-5-20-6-15-26(23(17-20)18-29-2)21-9-13-25(14-10-21)30(3)27(32)22-7-11-24(28)12-8-22/h6-8,11-12,15,17,21,25,29H,4-5,9-10,13-14,16,18H2,1-3H3/t21-,25-. The number of nitrogens with zero attached hydrogens (tertiary/aromatic N) is 1. The number of carbonyl (C=O) groups is 2. The number of hydrogen-bond acceptors (Lipinski definition) is 4. The number of rotatable bonds is 9. The number of ether oxygens (including phenoxy) is 1. The molecule has 0 aromatic heterocycles. The maximum absolute atomic E-state index is 12.9. The van der Waals surface area contributed by atoms with Gasteiger partial charge in [0.15, 0.2) is 0 Å². The molecule has 0 heterocycles. The molecule has 2 aromatic rings. The maximum atomic E-state index is 12.9. The molecule has 0 bridgehead atoms. The van der Waals surface area contributed by atoms with Gasteiger partial charge in [-0.3, -0.25) is 9.59 Å². The topological polar surface area (TPSA) is 58.6 Å². The van der Waals surface area contributed by atoms with Gasteiger partial charge in [0.25, 0.3) is 5.91 Å². The third kappa shape index (κ3) is 7.05. The summed E-state index contributed by atoms with van der Waals surface area (Å²) in [6.45, 7) is 2.74. The van der Waals surface area contributed by atoms with Gasteiger partial charge in [0, 0.05) is 37.1 Å². The smallest absolute Gasteiger partial charge is 0.302 e. The van der Waals surface area contributed by atoms with Gasteiger partial charge in [-0.05, 0) is 92.4 Å². The van der Waals surface area contributed by atoms with E-state index in [1.807, 2.05) is 19.0 Å². The molecule has 1 amide bonds. The minimum Gasteiger partial charge on any atom is -0.466 e. The molecule has 3 rings (SSSR count). The Morgan fingerprint density at radius 1 is 1.09 bits per heavy atom. The Labute approximate surface area is 202 Å². The van der Waals surface area contributed by atoms with E-state index < -0.39 is 0 Å². The van der Waals surface area contributed by atoms with Crippen molar-refractivity contribution >= 4 is 23.5 Å². The van der Waals surface area contributed by atoms with E-state index in [2.05, 4.69) is 23.5 Å². The molecule has 5 nitrogen and oxygen atoms in total. The first-order valence-corrected chi connectivity index (χ1v) is 12.2. The van der Waals surface area contributed by atoms with E-state index in [9.17, 15) is 9.59 Å². The number of aryl methyl sites for hydroxylation is 1. The van der Waals surface area contributed by atoms with Gasteiger partial charge >= 0.3 is 5.97 Å². The first kappa shape index (κ1) is 25.3. The number of carbonyl (C=O) groups excluding carboxylic acids is 2. The van der Waals surface area contributed by atoms with Gasteiger partial charge in [-0.2, -0.15) is 0 Å². The maximum Gasteiger partial charge on any atom is 0.302 e. The fourth-order valence-corrected chi connectivity index (χ4v) is 4.91. The van der Waals surface area contributed by atoms with Crippen LogP contribution in [0.15, 0.2) is 42.5 Å². The molecule has 1 saturated carbocycles. The van der Waals surface area contributed by atoms with Crippen LogP contribution in [0.25, 0.3) is 0 Å². The van der Waals surface area contributed by atoms with Crippen molar-refractivity contribution in [2.75, 3.05) is 20.7 Å². The molecule has 33 heavy (non-hydrogen) atoms. The van der Waals surface area contributed by atoms with Crippen LogP contribution in [0.3, 0.4) is 0 Å². The van der Waals surface area contributed by atoms with Crippen molar-refractivity contribution in [1.29, 1.82) is 0 Å². The van der Waals surface area contributed by atoms with Gasteiger partial charge in [0.2, 0.25) is 0 Å². The van der Waals surface area contributed by atoms with Crippen LogP contribution in [0, 0.1) is 0 Å². The minimum atomic E-state index is -0.225. The third-order valence-corrected chi connectivity index (χ3v) is 6.84. The van der Waals surface area contributed by atoms with Crippen molar-refractivity contribution < 1.29 is 14.3 Å². The van der Waals surface area contributed by atoms with Crippen molar-refractivity contribution in [3.8, 4) is 0 Å². The van der Waals surface area contributed by atoms with Crippen molar-refractivity contribution in [3.05, 3.63) is 69.7 Å². The van der Waals surface area contributed by atoms with E-state index in [0.29, 0.717) is 23.1 Å². The Hall–Kier alpha value is -2.37. The van der Waals surface area contributed by atoms with Crippen LogP contribution in [0.4, 0.5) is 0 Å². The van der Waals surface area contributed by atoms with Crippen LogP contribution in [0.5, 0.6) is 0 Å². The summed E-state index contributed by atoms with van der Waals surface area (Å²) < 4.78 is 5.05. The highest BCUT2D eigenvalue weighted by Gasteiger charge is 2.28. The fourth-order valence-electron chi connectivity index (χ4n) is 4.78. The molecule has 1 aliphatic rings. The molecular weight excluding hydrogens is 436 g/mol. The molecular formula is C27H35ClN2O3. The average molecular weight is 471 g/mol. The van der Waals surface area contributed by atoms with Crippen molar-refractivity contribution in [2.24, 2.45) is 0 Å². The molecule has 0 unspecified atom stereocenters. The van der Waals surface area contributed by atoms with Crippen molar-refractivity contribution in [2.45, 2.75) is 64.0 Å². The summed E-state index contributed by atoms with van der Waals surface area (Å²) in [6.07, 6.45) is 5.88. The summed E-state index contributed by atoms with van der Waals surface area (Å²) in [7, 11) is 3.89. The highest BCUT2D eigenvalue weighted by atomic mass is 35.5. The number of nitrogens with one attached hydrogen (secondary N) is 1. The molecule has 1 fully saturated rings. The summed E-state index contributed by atoms with van der Waals surface area (Å²) in [5, 5.41) is 3.95. The predicted octanol–water partition coefficient (Wildman–Crippen LogP) is 5.35. The summed E-state index contributed by atoms with van der Waals surface area (Å²) in [5.74, 6) is 0.347. The number of esters is 1. The lowest BCUT2D eigenvalue weighted by atomic mass is 9.79. The Kier molecular flexibility index (Phi) is 9.33. The summed E-state index contributed by atoms with van der Waals surface area (Å²) in [6, 6.07) is 14.2. The van der Waals surface area contributed by atoms with E-state index >= 15 is 0 Å². The number of halogens is 1. The van der Waals surface area contributed by atoms with Crippen LogP contribution in [0.1, 0.15) is 72.0 Å². The van der Waals surface area contributed by atoms with Crippen molar-refractivity contribution in [3.63, 3.8) is 0 Å². The Morgan fingerprint density at radius 3 is 2.42 bits per heavy atom. The van der Waals surface area contributed by atoms with Crippen molar-refractivity contribution in [1.82, 2.24) is 10.2 Å². The van der Waals surface area contributed by atoms with Gasteiger partial charge in [-0.25, -0.2) is 0 Å². The van der Waals surface area contributed by atoms with Gasteiger partial charge in [-0.1, -0.05) is 29.8 Å². The molecule has 1 N–H and O–H groups in total. The normalized spacial score (nSPS) is 18.1. The summed E-state index contributed by atoms with van der Waals surface area (Å²) >= 11 is 5.96. The number of benzene rings is 2. The van der Waals surface area contributed by atoms with E-state index in [1.165, 1.54) is 23.6 Å². The zero-order chi connectivity index (χ0) is 23.8. The highest BCUT2D eigenvalue weighted by Crippen LogP contribution is 2.37. The number of hydrogen-bond donors (Lipinski definition) is 1. The monoisotopic (exact) mass is 470 g/mol. The van der Waals surface area contributed by atoms with Crippen LogP contribution in [0.2, 0.25) is 5.02 Å². The van der Waals surface area contributed by atoms with Crippen LogP contribution in [-0.2, 0) is 22.5 Å². The fraction of sp³-hybridized carbons (Fsp3) is 0.481. The molecule has 0 saturated heterocycles. The quantitative estimate of drug-likeness (QED) is 0.396. The summed E-state index contributed by atoms with van der Waals surface area (Å²) in [4.78, 5) is 25.7. The SMILES string of the molecule is CNCc1cc(CCCOC(C)=O)ccc1[C@H]1CC[C@H](N(C)C(=O)c2ccc(Cl)cc2)CC1. The zero-order valence-corrected chi connectivity index (χ0v) is 20.7. The van der Waals surface area contributed by atoms with E-state index in [1.54, 1.807) is 24.3 Å². The van der Waals surface area contributed by atoms with E-state index in [4.69, 9.17) is 16.3 Å². The molecule has 0 atom stereocenters. The second-order valence-corrected chi connectivity index (χ2v) is 9.37. The van der Waals surface area contributed by atoms with E-state index in [-0.39, 0.29) is 17.9 Å². The molecule has 0 aliphatic heterocycles. The first-order chi connectivity index (χ1) is 15.9. The van der Waals surface area contributed by atoms with E-state index in [0.717, 1.165) is 45.1 Å². The number of amides is 1. The second-order valence-electron chi connectivity index (χ2n) is 8.94. The molecule has 6 heteroatoms. The van der Waals surface area contributed by atoms with Gasteiger partial charge in [-0.15, -0.1) is 0 Å². The van der Waals surface area contributed by atoms with Crippen LogP contribution < -0.4 is 5.32 Å². The Morgan fingerprint density at radius 2 is 1.79 bits per heavy atom. The highest BCUT2D eigenvalue weighted by molar-refractivity contribution is 6.30. The lowest BCUT2D eigenvalue weighted by Gasteiger charge is -2.35. The molecule has 0 spiro atoms. The van der Waals surface area contributed by atoms with Gasteiger partial charge in [0.1, 0.15) is 0 Å². The second kappa shape index (κ2) is 12.2. The van der Waals surface area contributed by atoms with Gasteiger partial charge < -0.3 is 15.0 Å². The zero-order valence-electron chi connectivity index (χ0n) is 19.9. The summed E-state index contributed by atoms with van der Waals surface area (Å²) in [5.41, 5.74) is 4.72.